The van der Waals surface area contributed by atoms with E-state index in [4.69, 9.17) is 5.73 Å². The number of nitrogens with one attached hydrogen (secondary N) is 1. The number of rotatable bonds is 4. The highest BCUT2D eigenvalue weighted by molar-refractivity contribution is 9.10. The van der Waals surface area contributed by atoms with Crippen LogP contribution in [0.5, 0.6) is 0 Å². The maximum absolute atomic E-state index is 11.1. The quantitative estimate of drug-likeness (QED) is 0.768. The number of amides is 1. The topological polar surface area (TPSA) is 72.9 Å². The van der Waals surface area contributed by atoms with Crippen LogP contribution in [0.25, 0.3) is 0 Å². The van der Waals surface area contributed by atoms with E-state index in [-0.39, 0.29) is 12.5 Å². The molecular formula is C7H11BrN4O. The van der Waals surface area contributed by atoms with Gasteiger partial charge in [-0.25, -0.2) is 0 Å². The van der Waals surface area contributed by atoms with Crippen LogP contribution in [0.3, 0.4) is 0 Å². The fraction of sp³-hybridized carbons (Fsp3) is 0.429. The van der Waals surface area contributed by atoms with Gasteiger partial charge in [0.25, 0.3) is 0 Å². The van der Waals surface area contributed by atoms with Gasteiger partial charge in [0.05, 0.1) is 10.7 Å². The van der Waals surface area contributed by atoms with Crippen molar-refractivity contribution in [2.24, 2.45) is 5.73 Å². The Hall–Kier alpha value is -0.880. The van der Waals surface area contributed by atoms with Crippen molar-refractivity contribution in [3.05, 3.63) is 16.9 Å². The molecule has 72 valence electrons. The Morgan fingerprint density at radius 3 is 3.08 bits per heavy atom. The van der Waals surface area contributed by atoms with Gasteiger partial charge in [0.2, 0.25) is 5.91 Å². The second-order valence-electron chi connectivity index (χ2n) is 2.49. The maximum Gasteiger partial charge on any atom is 0.241 e. The van der Waals surface area contributed by atoms with Gasteiger partial charge in [-0.2, -0.15) is 5.10 Å². The molecule has 0 aromatic carbocycles. The molecule has 5 nitrogen and oxygen atoms in total. The fourth-order valence-corrected chi connectivity index (χ4v) is 1.17. The lowest BCUT2D eigenvalue weighted by Gasteiger charge is -2.02. The van der Waals surface area contributed by atoms with Crippen LogP contribution in [0.1, 0.15) is 0 Å². The third kappa shape index (κ3) is 3.56. The molecule has 1 heterocycles. The zero-order valence-corrected chi connectivity index (χ0v) is 8.62. The van der Waals surface area contributed by atoms with Crippen molar-refractivity contribution in [3.63, 3.8) is 0 Å². The minimum Gasteiger partial charge on any atom is -0.353 e. The van der Waals surface area contributed by atoms with Crippen LogP contribution in [-0.4, -0.2) is 28.8 Å². The maximum atomic E-state index is 11.1. The minimum absolute atomic E-state index is 0.0824. The van der Waals surface area contributed by atoms with E-state index in [1.807, 2.05) is 0 Å². The molecule has 0 aliphatic heterocycles. The van der Waals surface area contributed by atoms with E-state index in [1.54, 1.807) is 17.1 Å². The largest absolute Gasteiger partial charge is 0.353 e. The summed E-state index contributed by atoms with van der Waals surface area (Å²) in [6.45, 7) is 1.18. The summed E-state index contributed by atoms with van der Waals surface area (Å²) in [5.41, 5.74) is 5.23. The van der Waals surface area contributed by atoms with E-state index in [2.05, 4.69) is 26.3 Å². The van der Waals surface area contributed by atoms with Crippen LogP contribution < -0.4 is 11.1 Å². The van der Waals surface area contributed by atoms with Gasteiger partial charge in [-0.15, -0.1) is 0 Å². The Bertz CT molecular complexity index is 286. The van der Waals surface area contributed by atoms with Crippen LogP contribution >= 0.6 is 15.9 Å². The van der Waals surface area contributed by atoms with E-state index in [0.717, 1.165) is 4.47 Å². The highest BCUT2D eigenvalue weighted by atomic mass is 79.9. The fourth-order valence-electron chi connectivity index (χ4n) is 0.839. The summed E-state index contributed by atoms with van der Waals surface area (Å²) in [6.07, 6.45) is 3.37. The monoisotopic (exact) mass is 246 g/mol. The molecule has 1 amide bonds. The van der Waals surface area contributed by atoms with E-state index in [9.17, 15) is 4.79 Å². The van der Waals surface area contributed by atoms with Crippen molar-refractivity contribution >= 4 is 21.8 Å². The second kappa shape index (κ2) is 4.98. The first kappa shape index (κ1) is 10.2. The lowest BCUT2D eigenvalue weighted by Crippen LogP contribution is -2.31. The van der Waals surface area contributed by atoms with Gasteiger partial charge in [-0.3, -0.25) is 9.48 Å². The number of aromatic nitrogens is 2. The van der Waals surface area contributed by atoms with Crippen LogP contribution in [0.4, 0.5) is 0 Å². The van der Waals surface area contributed by atoms with E-state index in [0.29, 0.717) is 13.1 Å². The standard InChI is InChI=1S/C7H11BrN4O/c8-6-3-11-12(4-6)5-7(13)10-2-1-9/h3-4H,1-2,5,9H2,(H,10,13). The summed E-state index contributed by atoms with van der Waals surface area (Å²) >= 11 is 3.24. The molecule has 3 N–H and O–H groups in total. The molecule has 0 unspecified atom stereocenters. The van der Waals surface area contributed by atoms with Crippen LogP contribution in [0, 0.1) is 0 Å². The van der Waals surface area contributed by atoms with Gasteiger partial charge in [-0.1, -0.05) is 0 Å². The van der Waals surface area contributed by atoms with E-state index < -0.39 is 0 Å². The van der Waals surface area contributed by atoms with Crippen LogP contribution in [0.2, 0.25) is 0 Å². The molecule has 0 saturated carbocycles. The second-order valence-corrected chi connectivity index (χ2v) is 3.41. The first-order valence-corrected chi connectivity index (χ1v) is 4.66. The summed E-state index contributed by atoms with van der Waals surface area (Å²) < 4.78 is 2.41. The predicted octanol–water partition coefficient (Wildman–Crippen LogP) is -0.280. The molecule has 0 aliphatic carbocycles. The molecular weight excluding hydrogens is 236 g/mol. The van der Waals surface area contributed by atoms with Crippen molar-refractivity contribution in [1.82, 2.24) is 15.1 Å². The Morgan fingerprint density at radius 1 is 1.77 bits per heavy atom. The van der Waals surface area contributed by atoms with Gasteiger partial charge in [-0.05, 0) is 15.9 Å². The number of hydrogen-bond acceptors (Lipinski definition) is 3. The Balaban J connectivity index is 2.36. The van der Waals surface area contributed by atoms with Crippen LogP contribution in [0.15, 0.2) is 16.9 Å². The Morgan fingerprint density at radius 2 is 2.54 bits per heavy atom. The summed E-state index contributed by atoms with van der Waals surface area (Å²) in [7, 11) is 0. The van der Waals surface area contributed by atoms with E-state index >= 15 is 0 Å². The number of halogens is 1. The van der Waals surface area contributed by atoms with E-state index in [1.165, 1.54) is 0 Å². The summed E-state index contributed by atoms with van der Waals surface area (Å²) in [5.74, 6) is -0.0824. The lowest BCUT2D eigenvalue weighted by atomic mass is 10.5. The first-order valence-electron chi connectivity index (χ1n) is 3.87. The van der Waals surface area contributed by atoms with Crippen LogP contribution in [-0.2, 0) is 11.3 Å². The molecule has 0 saturated heterocycles. The number of nitrogens with two attached hydrogens (primary N) is 1. The molecule has 0 fully saturated rings. The van der Waals surface area contributed by atoms with Gasteiger partial charge < -0.3 is 11.1 Å². The summed E-state index contributed by atoms with van der Waals surface area (Å²) in [5, 5.41) is 6.59. The average molecular weight is 247 g/mol. The summed E-state index contributed by atoms with van der Waals surface area (Å²) in [4.78, 5) is 11.1. The van der Waals surface area contributed by atoms with Crippen molar-refractivity contribution in [3.8, 4) is 0 Å². The third-order valence-electron chi connectivity index (χ3n) is 1.37. The number of carbonyl (C=O) groups excluding carboxylic acids is 1. The Kier molecular flexibility index (Phi) is 3.91. The summed E-state index contributed by atoms with van der Waals surface area (Å²) in [6, 6.07) is 0. The molecule has 1 aromatic rings. The zero-order valence-electron chi connectivity index (χ0n) is 7.03. The van der Waals surface area contributed by atoms with Crippen molar-refractivity contribution in [1.29, 1.82) is 0 Å². The molecule has 0 radical (unpaired) electrons. The molecule has 0 spiro atoms. The number of hydrogen-bond donors (Lipinski definition) is 2. The van der Waals surface area contributed by atoms with Crippen molar-refractivity contribution < 1.29 is 4.79 Å². The number of nitrogens with zero attached hydrogens (tertiary/aromatic N) is 2. The minimum atomic E-state index is -0.0824. The highest BCUT2D eigenvalue weighted by Crippen LogP contribution is 2.05. The molecule has 0 bridgehead atoms. The molecule has 1 aromatic heterocycles. The predicted molar refractivity (Wildman–Crippen MR) is 52.0 cm³/mol. The SMILES string of the molecule is NCCNC(=O)Cn1cc(Br)cn1. The van der Waals surface area contributed by atoms with Gasteiger partial charge >= 0.3 is 0 Å². The first-order chi connectivity index (χ1) is 6.22. The lowest BCUT2D eigenvalue weighted by molar-refractivity contribution is -0.121. The molecule has 0 atom stereocenters. The van der Waals surface area contributed by atoms with Gasteiger partial charge in [0.15, 0.2) is 0 Å². The molecule has 6 heteroatoms. The highest BCUT2D eigenvalue weighted by Gasteiger charge is 2.01. The molecule has 13 heavy (non-hydrogen) atoms. The normalized spacial score (nSPS) is 10.0. The smallest absolute Gasteiger partial charge is 0.241 e. The van der Waals surface area contributed by atoms with Crippen molar-refractivity contribution in [2.45, 2.75) is 6.54 Å². The molecule has 1 rings (SSSR count). The molecule has 0 aliphatic rings. The Labute approximate surface area is 84.4 Å². The third-order valence-corrected chi connectivity index (χ3v) is 1.78. The zero-order chi connectivity index (χ0) is 9.68. The van der Waals surface area contributed by atoms with Gasteiger partial charge in [0.1, 0.15) is 6.54 Å². The number of carbonyl (C=O) groups is 1. The van der Waals surface area contributed by atoms with Gasteiger partial charge in [0, 0.05) is 19.3 Å². The van der Waals surface area contributed by atoms with Crippen molar-refractivity contribution in [2.75, 3.05) is 13.1 Å². The average Bonchev–Trinajstić information content (AvgIpc) is 2.48.